The Morgan fingerprint density at radius 3 is 2.80 bits per heavy atom. The van der Waals surface area contributed by atoms with Gasteiger partial charge in [-0.05, 0) is 31.4 Å². The average molecular weight is 337 g/mol. The van der Waals surface area contributed by atoms with Crippen LogP contribution >= 0.6 is 0 Å². The number of pyridine rings is 1. The van der Waals surface area contributed by atoms with Gasteiger partial charge in [0.15, 0.2) is 0 Å². The van der Waals surface area contributed by atoms with Crippen molar-refractivity contribution >= 4 is 22.6 Å². The third-order valence-electron chi connectivity index (χ3n) is 5.08. The molecule has 5 nitrogen and oxygen atoms in total. The Morgan fingerprint density at radius 1 is 1.24 bits per heavy atom. The Labute approximate surface area is 147 Å². The Morgan fingerprint density at radius 2 is 2.04 bits per heavy atom. The van der Waals surface area contributed by atoms with E-state index in [9.17, 15) is 9.90 Å². The van der Waals surface area contributed by atoms with E-state index in [1.165, 1.54) is 0 Å². The van der Waals surface area contributed by atoms with Gasteiger partial charge in [0.1, 0.15) is 5.82 Å². The van der Waals surface area contributed by atoms with Gasteiger partial charge in [-0.25, -0.2) is 4.98 Å². The lowest BCUT2D eigenvalue weighted by Gasteiger charge is -2.21. The summed E-state index contributed by atoms with van der Waals surface area (Å²) in [6.45, 7) is 2.02. The summed E-state index contributed by atoms with van der Waals surface area (Å²) in [5, 5.41) is 13.3. The fourth-order valence-electron chi connectivity index (χ4n) is 3.71. The average Bonchev–Trinajstić information content (AvgIpc) is 3.32. The van der Waals surface area contributed by atoms with Crippen molar-refractivity contribution < 1.29 is 9.90 Å². The number of aliphatic hydroxyl groups is 1. The van der Waals surface area contributed by atoms with Crippen LogP contribution in [-0.2, 0) is 0 Å². The first kappa shape index (κ1) is 16.1. The number of para-hydroxylation sites is 1. The molecule has 5 heteroatoms. The van der Waals surface area contributed by atoms with Crippen molar-refractivity contribution in [2.75, 3.05) is 24.6 Å². The fourth-order valence-corrected chi connectivity index (χ4v) is 3.71. The number of nitrogens with one attached hydrogen (secondary N) is 1. The van der Waals surface area contributed by atoms with Crippen molar-refractivity contribution in [3.05, 3.63) is 48.0 Å². The number of hydrogen-bond acceptors (Lipinski definition) is 4. The number of hydrogen-bond donors (Lipinski definition) is 2. The molecule has 1 saturated heterocycles. The number of carbonyl (C=O) groups excluding carboxylic acids is 1. The van der Waals surface area contributed by atoms with E-state index in [1.54, 1.807) is 0 Å². The van der Waals surface area contributed by atoms with Crippen LogP contribution in [0, 0.1) is 5.92 Å². The van der Waals surface area contributed by atoms with Crippen LogP contribution < -0.4 is 10.2 Å². The van der Waals surface area contributed by atoms with Gasteiger partial charge in [0, 0.05) is 37.0 Å². The first-order valence-corrected chi connectivity index (χ1v) is 8.99. The highest BCUT2D eigenvalue weighted by Gasteiger charge is 2.25. The van der Waals surface area contributed by atoms with Crippen LogP contribution in [0.4, 0.5) is 5.82 Å². The van der Waals surface area contributed by atoms with Crippen molar-refractivity contribution in [2.45, 2.75) is 25.3 Å². The van der Waals surface area contributed by atoms with E-state index < -0.39 is 0 Å². The highest BCUT2D eigenvalue weighted by molar-refractivity contribution is 6.02. The van der Waals surface area contributed by atoms with E-state index in [1.807, 2.05) is 42.5 Å². The second kappa shape index (κ2) is 6.84. The van der Waals surface area contributed by atoms with Crippen molar-refractivity contribution in [2.24, 2.45) is 5.92 Å². The van der Waals surface area contributed by atoms with E-state index in [0.717, 1.165) is 49.1 Å². The molecule has 25 heavy (non-hydrogen) atoms. The molecule has 1 aromatic heterocycles. The summed E-state index contributed by atoms with van der Waals surface area (Å²) < 4.78 is 0. The summed E-state index contributed by atoms with van der Waals surface area (Å²) in [6.07, 6.45) is 6.98. The van der Waals surface area contributed by atoms with Crippen LogP contribution in [0.3, 0.4) is 0 Å². The number of fused-ring (bicyclic) bond motifs is 1. The lowest BCUT2D eigenvalue weighted by atomic mass is 10.1. The van der Waals surface area contributed by atoms with Gasteiger partial charge in [-0.3, -0.25) is 4.79 Å². The minimum atomic E-state index is -0.0895. The Balaban J connectivity index is 1.65. The van der Waals surface area contributed by atoms with E-state index in [0.29, 0.717) is 5.56 Å². The Kier molecular flexibility index (Phi) is 4.40. The summed E-state index contributed by atoms with van der Waals surface area (Å²) in [5.74, 6) is 0.834. The van der Waals surface area contributed by atoms with Crippen LogP contribution in [-0.4, -0.2) is 41.7 Å². The largest absolute Gasteiger partial charge is 0.396 e. The third-order valence-corrected chi connectivity index (χ3v) is 5.08. The van der Waals surface area contributed by atoms with E-state index in [-0.39, 0.29) is 24.5 Å². The van der Waals surface area contributed by atoms with Gasteiger partial charge in [0.2, 0.25) is 0 Å². The zero-order chi connectivity index (χ0) is 17.2. The number of anilines is 1. The molecule has 0 bridgehead atoms. The standard InChI is InChI=1S/C20H23N3O2/c24-13-14-7-8-16(11-14)21-20(25)17-12-15-5-1-2-6-18(15)22-19(17)23-9-3-4-10-23/h1-2,5-8,12,14,16,24H,3-4,9-11,13H2,(H,21,25)/t14-,16+/m0/s1. The molecule has 0 unspecified atom stereocenters. The highest BCUT2D eigenvalue weighted by Crippen LogP contribution is 2.27. The van der Waals surface area contributed by atoms with Gasteiger partial charge in [-0.1, -0.05) is 30.4 Å². The molecule has 2 N–H and O–H groups in total. The minimum Gasteiger partial charge on any atom is -0.396 e. The van der Waals surface area contributed by atoms with Crippen molar-refractivity contribution in [3.8, 4) is 0 Å². The lowest BCUT2D eigenvalue weighted by Crippen LogP contribution is -2.34. The predicted molar refractivity (Wildman–Crippen MR) is 98.8 cm³/mol. The van der Waals surface area contributed by atoms with Crippen LogP contribution in [0.2, 0.25) is 0 Å². The van der Waals surface area contributed by atoms with Crippen LogP contribution in [0.1, 0.15) is 29.6 Å². The van der Waals surface area contributed by atoms with Crippen LogP contribution in [0.15, 0.2) is 42.5 Å². The maximum Gasteiger partial charge on any atom is 0.255 e. The molecule has 2 aliphatic rings. The summed E-state index contributed by atoms with van der Waals surface area (Å²) in [4.78, 5) is 19.9. The smallest absolute Gasteiger partial charge is 0.255 e. The molecule has 0 radical (unpaired) electrons. The molecule has 1 aliphatic heterocycles. The zero-order valence-electron chi connectivity index (χ0n) is 14.2. The maximum absolute atomic E-state index is 12.9. The molecule has 1 fully saturated rings. The second-order valence-electron chi connectivity index (χ2n) is 6.89. The van der Waals surface area contributed by atoms with E-state index >= 15 is 0 Å². The molecule has 1 aliphatic carbocycles. The first-order chi connectivity index (χ1) is 12.2. The molecule has 2 aromatic rings. The fraction of sp³-hybridized carbons (Fsp3) is 0.400. The summed E-state index contributed by atoms with van der Waals surface area (Å²) in [7, 11) is 0. The molecule has 130 valence electrons. The Hall–Kier alpha value is -2.40. The van der Waals surface area contributed by atoms with Gasteiger partial charge in [-0.15, -0.1) is 0 Å². The van der Waals surface area contributed by atoms with Crippen molar-refractivity contribution in [3.63, 3.8) is 0 Å². The van der Waals surface area contributed by atoms with Gasteiger partial charge in [0.25, 0.3) is 5.91 Å². The molecule has 1 amide bonds. The molecule has 0 saturated carbocycles. The molecule has 2 heterocycles. The monoisotopic (exact) mass is 337 g/mol. The van der Waals surface area contributed by atoms with Gasteiger partial charge in [0.05, 0.1) is 11.1 Å². The van der Waals surface area contributed by atoms with Gasteiger partial charge >= 0.3 is 0 Å². The van der Waals surface area contributed by atoms with Crippen LogP contribution in [0.5, 0.6) is 0 Å². The third kappa shape index (κ3) is 3.24. The number of rotatable bonds is 4. The quantitative estimate of drug-likeness (QED) is 0.842. The topological polar surface area (TPSA) is 65.5 Å². The lowest BCUT2D eigenvalue weighted by molar-refractivity contribution is 0.0941. The molecule has 2 atom stereocenters. The number of amides is 1. The molecule has 4 rings (SSSR count). The normalized spacial score (nSPS) is 22.7. The molecule has 1 aromatic carbocycles. The summed E-state index contributed by atoms with van der Waals surface area (Å²) >= 11 is 0. The number of benzene rings is 1. The minimum absolute atomic E-state index is 0.0254. The van der Waals surface area contributed by atoms with Gasteiger partial charge < -0.3 is 15.3 Å². The molecular formula is C20H23N3O2. The van der Waals surface area contributed by atoms with Gasteiger partial charge in [-0.2, -0.15) is 0 Å². The number of aromatic nitrogens is 1. The molecule has 0 spiro atoms. The van der Waals surface area contributed by atoms with E-state index in [2.05, 4.69) is 10.2 Å². The first-order valence-electron chi connectivity index (χ1n) is 8.99. The highest BCUT2D eigenvalue weighted by atomic mass is 16.3. The van der Waals surface area contributed by atoms with E-state index in [4.69, 9.17) is 4.98 Å². The van der Waals surface area contributed by atoms with Crippen molar-refractivity contribution in [1.82, 2.24) is 10.3 Å². The number of carbonyl (C=O) groups is 1. The number of aliphatic hydroxyl groups excluding tert-OH is 1. The SMILES string of the molecule is O=C(N[C@@H]1C=C[C@H](CO)C1)c1cc2ccccc2nc1N1CCCC1. The zero-order valence-corrected chi connectivity index (χ0v) is 14.2. The Bertz CT molecular complexity index is 812. The second-order valence-corrected chi connectivity index (χ2v) is 6.89. The summed E-state index contributed by atoms with van der Waals surface area (Å²) in [6, 6.07) is 9.84. The predicted octanol–water partition coefficient (Wildman–Crippen LogP) is 2.50. The molecular weight excluding hydrogens is 314 g/mol. The number of nitrogens with zero attached hydrogens (tertiary/aromatic N) is 2. The maximum atomic E-state index is 12.9. The van der Waals surface area contributed by atoms with Crippen LogP contribution in [0.25, 0.3) is 10.9 Å². The van der Waals surface area contributed by atoms with Crippen molar-refractivity contribution in [1.29, 1.82) is 0 Å². The summed E-state index contributed by atoms with van der Waals surface area (Å²) in [5.41, 5.74) is 1.56.